The lowest BCUT2D eigenvalue weighted by atomic mass is 10.1. The summed E-state index contributed by atoms with van der Waals surface area (Å²) in [4.78, 5) is 19.2. The van der Waals surface area contributed by atoms with Crippen molar-refractivity contribution in [1.82, 2.24) is 10.3 Å². The summed E-state index contributed by atoms with van der Waals surface area (Å²) >= 11 is 0. The summed E-state index contributed by atoms with van der Waals surface area (Å²) in [5.74, 6) is 2.33. The van der Waals surface area contributed by atoms with Gasteiger partial charge in [0, 0.05) is 31.4 Å². The van der Waals surface area contributed by atoms with Crippen LogP contribution in [0.1, 0.15) is 30.4 Å². The number of amides is 1. The van der Waals surface area contributed by atoms with Crippen LogP contribution in [0.2, 0.25) is 0 Å². The number of nitrogens with zero attached hydrogens (tertiary/aromatic N) is 2. The number of carbonyl (C=O) groups is 1. The van der Waals surface area contributed by atoms with E-state index in [0.717, 1.165) is 30.0 Å². The third-order valence-corrected chi connectivity index (χ3v) is 4.82. The number of hydrogen-bond acceptors (Lipinski definition) is 5. The van der Waals surface area contributed by atoms with Gasteiger partial charge in [0.15, 0.2) is 0 Å². The minimum Gasteiger partial charge on any atom is -0.497 e. The second kappa shape index (κ2) is 9.26. The monoisotopic (exact) mass is 369 g/mol. The number of aromatic nitrogens is 1. The Morgan fingerprint density at radius 3 is 2.67 bits per heavy atom. The van der Waals surface area contributed by atoms with Crippen molar-refractivity contribution in [3.63, 3.8) is 0 Å². The van der Waals surface area contributed by atoms with Gasteiger partial charge >= 0.3 is 0 Å². The van der Waals surface area contributed by atoms with Gasteiger partial charge in [-0.15, -0.1) is 0 Å². The Morgan fingerprint density at radius 1 is 1.11 bits per heavy atom. The Hall–Kier alpha value is -2.76. The number of nitrogens with one attached hydrogen (secondary N) is 1. The topological polar surface area (TPSA) is 63.7 Å². The average molecular weight is 369 g/mol. The normalized spacial score (nSPS) is 13.9. The van der Waals surface area contributed by atoms with Crippen molar-refractivity contribution in [2.45, 2.75) is 32.2 Å². The van der Waals surface area contributed by atoms with Crippen molar-refractivity contribution in [2.75, 3.05) is 32.2 Å². The summed E-state index contributed by atoms with van der Waals surface area (Å²) in [6, 6.07) is 9.48. The minimum atomic E-state index is -0.0575. The van der Waals surface area contributed by atoms with E-state index in [1.54, 1.807) is 14.2 Å². The molecule has 0 aliphatic carbocycles. The van der Waals surface area contributed by atoms with E-state index in [4.69, 9.17) is 9.47 Å². The van der Waals surface area contributed by atoms with Crippen LogP contribution in [0.4, 0.5) is 5.82 Å². The predicted molar refractivity (Wildman–Crippen MR) is 105 cm³/mol. The van der Waals surface area contributed by atoms with E-state index < -0.39 is 0 Å². The van der Waals surface area contributed by atoms with Gasteiger partial charge in [0.1, 0.15) is 17.3 Å². The van der Waals surface area contributed by atoms with Crippen LogP contribution >= 0.6 is 0 Å². The lowest BCUT2D eigenvalue weighted by molar-refractivity contribution is -0.120. The van der Waals surface area contributed by atoms with E-state index in [1.165, 1.54) is 19.3 Å². The molecule has 144 valence electrons. The Labute approximate surface area is 160 Å². The fraction of sp³-hybridized carbons (Fsp3) is 0.429. The van der Waals surface area contributed by atoms with Crippen LogP contribution in [0.15, 0.2) is 36.5 Å². The first-order valence-corrected chi connectivity index (χ1v) is 9.37. The molecule has 27 heavy (non-hydrogen) atoms. The van der Waals surface area contributed by atoms with Crippen molar-refractivity contribution in [3.8, 4) is 11.5 Å². The molecule has 1 aliphatic rings. The molecule has 1 N–H and O–H groups in total. The maximum absolute atomic E-state index is 12.4. The molecule has 0 atom stereocenters. The van der Waals surface area contributed by atoms with Gasteiger partial charge < -0.3 is 19.7 Å². The van der Waals surface area contributed by atoms with E-state index in [0.29, 0.717) is 18.0 Å². The molecular formula is C21H27N3O3. The number of pyridine rings is 1. The Bertz CT molecular complexity index is 773. The van der Waals surface area contributed by atoms with E-state index in [1.807, 2.05) is 30.5 Å². The van der Waals surface area contributed by atoms with E-state index in [9.17, 15) is 4.79 Å². The first-order valence-electron chi connectivity index (χ1n) is 9.37. The van der Waals surface area contributed by atoms with Crippen molar-refractivity contribution < 1.29 is 14.3 Å². The smallest absolute Gasteiger partial charge is 0.224 e. The summed E-state index contributed by atoms with van der Waals surface area (Å²) in [6.45, 7) is 2.59. The zero-order valence-corrected chi connectivity index (χ0v) is 16.0. The minimum absolute atomic E-state index is 0.0575. The van der Waals surface area contributed by atoms with Crippen molar-refractivity contribution in [1.29, 1.82) is 0 Å². The number of piperidine rings is 1. The van der Waals surface area contributed by atoms with Crippen LogP contribution in [0, 0.1) is 0 Å². The van der Waals surface area contributed by atoms with E-state index in [-0.39, 0.29) is 12.3 Å². The number of ether oxygens (including phenoxy) is 2. The van der Waals surface area contributed by atoms with Crippen LogP contribution in [-0.4, -0.2) is 38.2 Å². The predicted octanol–water partition coefficient (Wildman–Crippen LogP) is 2.95. The molecule has 0 spiro atoms. The largest absolute Gasteiger partial charge is 0.497 e. The standard InChI is InChI=1S/C21H27N3O3/c1-26-18-6-7-19(27-2)17(13-18)14-21(25)23-15-16-8-9-22-20(12-16)24-10-4-3-5-11-24/h6-9,12-13H,3-5,10-11,14-15H2,1-2H3,(H,23,25). The van der Waals surface area contributed by atoms with E-state index >= 15 is 0 Å². The zero-order valence-electron chi connectivity index (χ0n) is 16.0. The molecule has 6 heteroatoms. The Kier molecular flexibility index (Phi) is 6.52. The van der Waals surface area contributed by atoms with Gasteiger partial charge in [0.2, 0.25) is 5.91 Å². The van der Waals surface area contributed by atoms with Gasteiger partial charge in [-0.1, -0.05) is 0 Å². The molecule has 0 bridgehead atoms. The first-order chi connectivity index (χ1) is 13.2. The van der Waals surface area contributed by atoms with Crippen molar-refractivity contribution in [3.05, 3.63) is 47.7 Å². The third kappa shape index (κ3) is 5.12. The summed E-state index contributed by atoms with van der Waals surface area (Å²) in [5, 5.41) is 2.98. The molecule has 1 aromatic carbocycles. The molecule has 0 radical (unpaired) electrons. The summed E-state index contributed by atoms with van der Waals surface area (Å²) in [7, 11) is 3.21. The molecule has 0 saturated carbocycles. The van der Waals surface area contributed by atoms with Gasteiger partial charge in [-0.3, -0.25) is 4.79 Å². The van der Waals surface area contributed by atoms with Crippen molar-refractivity contribution in [2.24, 2.45) is 0 Å². The number of anilines is 1. The fourth-order valence-corrected chi connectivity index (χ4v) is 3.32. The van der Waals surface area contributed by atoms with Gasteiger partial charge in [-0.2, -0.15) is 0 Å². The maximum Gasteiger partial charge on any atom is 0.224 e. The summed E-state index contributed by atoms with van der Waals surface area (Å²) in [5.41, 5.74) is 1.86. The van der Waals surface area contributed by atoms with Gasteiger partial charge in [-0.05, 0) is 55.2 Å². The molecule has 2 heterocycles. The SMILES string of the molecule is COc1ccc(OC)c(CC(=O)NCc2ccnc(N3CCCCC3)c2)c1. The number of methoxy groups -OCH3 is 2. The quantitative estimate of drug-likeness (QED) is 0.813. The highest BCUT2D eigenvalue weighted by Gasteiger charge is 2.13. The maximum atomic E-state index is 12.4. The number of benzene rings is 1. The molecule has 1 aromatic heterocycles. The highest BCUT2D eigenvalue weighted by molar-refractivity contribution is 5.79. The molecule has 1 saturated heterocycles. The second-order valence-corrected chi connectivity index (χ2v) is 6.70. The molecule has 2 aromatic rings. The lowest BCUT2D eigenvalue weighted by Gasteiger charge is -2.27. The number of rotatable bonds is 7. The van der Waals surface area contributed by atoms with Crippen LogP contribution < -0.4 is 19.7 Å². The molecular weight excluding hydrogens is 342 g/mol. The van der Waals surface area contributed by atoms with Gasteiger partial charge in [-0.25, -0.2) is 4.98 Å². The van der Waals surface area contributed by atoms with Crippen LogP contribution in [0.25, 0.3) is 0 Å². The van der Waals surface area contributed by atoms with Crippen molar-refractivity contribution >= 4 is 11.7 Å². The first kappa shape index (κ1) is 19.0. The number of hydrogen-bond donors (Lipinski definition) is 1. The highest BCUT2D eigenvalue weighted by atomic mass is 16.5. The molecule has 0 unspecified atom stereocenters. The van der Waals surface area contributed by atoms with E-state index in [2.05, 4.69) is 21.3 Å². The van der Waals surface area contributed by atoms with Gasteiger partial charge in [0.25, 0.3) is 0 Å². The van der Waals surface area contributed by atoms with Crippen LogP contribution in [-0.2, 0) is 17.8 Å². The average Bonchev–Trinajstić information content (AvgIpc) is 2.73. The zero-order chi connectivity index (χ0) is 19.1. The molecule has 3 rings (SSSR count). The van der Waals surface area contributed by atoms with Crippen LogP contribution in [0.5, 0.6) is 11.5 Å². The Balaban J connectivity index is 1.59. The van der Waals surface area contributed by atoms with Crippen LogP contribution in [0.3, 0.4) is 0 Å². The third-order valence-electron chi connectivity index (χ3n) is 4.82. The lowest BCUT2D eigenvalue weighted by Crippen LogP contribution is -2.30. The van der Waals surface area contributed by atoms with Gasteiger partial charge in [0.05, 0.1) is 20.6 Å². The summed E-state index contributed by atoms with van der Waals surface area (Å²) < 4.78 is 10.6. The Morgan fingerprint density at radius 2 is 1.93 bits per heavy atom. The number of carbonyl (C=O) groups excluding carboxylic acids is 1. The molecule has 1 fully saturated rings. The second-order valence-electron chi connectivity index (χ2n) is 6.70. The fourth-order valence-electron chi connectivity index (χ4n) is 3.32. The molecule has 6 nitrogen and oxygen atoms in total. The highest BCUT2D eigenvalue weighted by Crippen LogP contribution is 2.24. The molecule has 1 aliphatic heterocycles. The molecule has 1 amide bonds. The summed E-state index contributed by atoms with van der Waals surface area (Å²) in [6.07, 6.45) is 5.77.